The SMILES string of the molecule is Cc1cnccc1N1CCCN(c2nc(CCN)nc3ccccc23)CC1. The summed E-state index contributed by atoms with van der Waals surface area (Å²) in [5.74, 6) is 1.87. The first-order valence-corrected chi connectivity index (χ1v) is 9.62. The molecular weight excluding hydrogens is 336 g/mol. The Morgan fingerprint density at radius 2 is 1.81 bits per heavy atom. The van der Waals surface area contributed by atoms with Gasteiger partial charge in [-0.15, -0.1) is 0 Å². The maximum atomic E-state index is 5.75. The molecule has 6 nitrogen and oxygen atoms in total. The van der Waals surface area contributed by atoms with E-state index in [-0.39, 0.29) is 0 Å². The van der Waals surface area contributed by atoms with E-state index in [4.69, 9.17) is 10.7 Å². The Kier molecular flexibility index (Phi) is 5.16. The lowest BCUT2D eigenvalue weighted by Crippen LogP contribution is -2.32. The number of nitrogens with two attached hydrogens (primary N) is 1. The van der Waals surface area contributed by atoms with Crippen molar-refractivity contribution in [3.05, 3.63) is 54.1 Å². The lowest BCUT2D eigenvalue weighted by molar-refractivity contribution is 0.788. The first kappa shape index (κ1) is 17.7. The topological polar surface area (TPSA) is 71.2 Å². The van der Waals surface area contributed by atoms with Gasteiger partial charge < -0.3 is 15.5 Å². The smallest absolute Gasteiger partial charge is 0.140 e. The molecule has 1 fully saturated rings. The summed E-state index contributed by atoms with van der Waals surface area (Å²) in [6.45, 7) is 6.62. The number of aryl methyl sites for hydroxylation is 1. The average molecular weight is 362 g/mol. The fourth-order valence-corrected chi connectivity index (χ4v) is 3.78. The minimum absolute atomic E-state index is 0.562. The fourth-order valence-electron chi connectivity index (χ4n) is 3.78. The van der Waals surface area contributed by atoms with Crippen LogP contribution in [-0.2, 0) is 6.42 Å². The highest BCUT2D eigenvalue weighted by Gasteiger charge is 2.20. The number of pyridine rings is 1. The van der Waals surface area contributed by atoms with Gasteiger partial charge in [0.25, 0.3) is 0 Å². The molecule has 3 heterocycles. The number of nitrogens with zero attached hydrogens (tertiary/aromatic N) is 5. The molecule has 1 aliphatic heterocycles. The van der Waals surface area contributed by atoms with Crippen LogP contribution in [0.4, 0.5) is 11.5 Å². The maximum absolute atomic E-state index is 5.75. The zero-order valence-corrected chi connectivity index (χ0v) is 15.8. The Bertz CT molecular complexity index is 925. The summed E-state index contributed by atoms with van der Waals surface area (Å²) in [6.07, 6.45) is 5.61. The number of hydrogen-bond donors (Lipinski definition) is 1. The molecule has 27 heavy (non-hydrogen) atoms. The van der Waals surface area contributed by atoms with Crippen LogP contribution in [0.25, 0.3) is 10.9 Å². The molecular formula is C21H26N6. The maximum Gasteiger partial charge on any atom is 0.140 e. The molecule has 3 aromatic rings. The third-order valence-electron chi connectivity index (χ3n) is 5.12. The Labute approximate surface area is 160 Å². The third kappa shape index (κ3) is 3.71. The van der Waals surface area contributed by atoms with Crippen molar-refractivity contribution >= 4 is 22.4 Å². The van der Waals surface area contributed by atoms with E-state index in [1.807, 2.05) is 18.5 Å². The standard InChI is InChI=1S/C21H26N6/c1-16-15-23-10-8-19(16)26-11-4-12-27(14-13-26)21-17-5-2-3-6-18(17)24-20(25-21)7-9-22/h2-3,5-6,8,10,15H,4,7,9,11-14,22H2,1H3. The van der Waals surface area contributed by atoms with Crippen molar-refractivity contribution in [3.63, 3.8) is 0 Å². The number of rotatable bonds is 4. The van der Waals surface area contributed by atoms with E-state index in [2.05, 4.69) is 51.0 Å². The summed E-state index contributed by atoms with van der Waals surface area (Å²) in [4.78, 5) is 18.6. The van der Waals surface area contributed by atoms with Gasteiger partial charge in [0.05, 0.1) is 5.52 Å². The predicted molar refractivity (Wildman–Crippen MR) is 110 cm³/mol. The van der Waals surface area contributed by atoms with Gasteiger partial charge in [-0.1, -0.05) is 12.1 Å². The molecule has 0 atom stereocenters. The summed E-state index contributed by atoms with van der Waals surface area (Å²) in [7, 11) is 0. The minimum atomic E-state index is 0.562. The number of para-hydroxylation sites is 1. The minimum Gasteiger partial charge on any atom is -0.369 e. The van der Waals surface area contributed by atoms with Crippen LogP contribution in [0, 0.1) is 6.92 Å². The molecule has 0 amide bonds. The first-order chi connectivity index (χ1) is 13.3. The fraction of sp³-hybridized carbons (Fsp3) is 0.381. The van der Waals surface area contributed by atoms with E-state index < -0.39 is 0 Å². The summed E-state index contributed by atoms with van der Waals surface area (Å²) in [5.41, 5.74) is 9.25. The van der Waals surface area contributed by atoms with Gasteiger partial charge >= 0.3 is 0 Å². The van der Waals surface area contributed by atoms with Crippen molar-refractivity contribution in [3.8, 4) is 0 Å². The van der Waals surface area contributed by atoms with Crippen LogP contribution >= 0.6 is 0 Å². The van der Waals surface area contributed by atoms with E-state index in [1.165, 1.54) is 11.3 Å². The predicted octanol–water partition coefficient (Wildman–Crippen LogP) is 2.55. The van der Waals surface area contributed by atoms with Crippen LogP contribution in [0.5, 0.6) is 0 Å². The second kappa shape index (κ2) is 7.88. The van der Waals surface area contributed by atoms with E-state index in [9.17, 15) is 0 Å². The third-order valence-corrected chi connectivity index (χ3v) is 5.12. The lowest BCUT2D eigenvalue weighted by Gasteiger charge is -2.26. The van der Waals surface area contributed by atoms with E-state index >= 15 is 0 Å². The van der Waals surface area contributed by atoms with E-state index in [0.29, 0.717) is 13.0 Å². The van der Waals surface area contributed by atoms with Crippen LogP contribution in [-0.4, -0.2) is 47.7 Å². The van der Waals surface area contributed by atoms with Gasteiger partial charge in [-0.05, 0) is 43.7 Å². The van der Waals surface area contributed by atoms with E-state index in [0.717, 1.165) is 55.1 Å². The molecule has 0 aliphatic carbocycles. The highest BCUT2D eigenvalue weighted by Crippen LogP contribution is 2.26. The molecule has 0 saturated carbocycles. The Hall–Kier alpha value is -2.73. The van der Waals surface area contributed by atoms with Crippen LogP contribution in [0.1, 0.15) is 17.8 Å². The van der Waals surface area contributed by atoms with Gasteiger partial charge in [-0.3, -0.25) is 4.98 Å². The van der Waals surface area contributed by atoms with Gasteiger partial charge in [-0.25, -0.2) is 9.97 Å². The monoisotopic (exact) mass is 362 g/mol. The van der Waals surface area contributed by atoms with Gasteiger partial charge in [-0.2, -0.15) is 0 Å². The largest absolute Gasteiger partial charge is 0.369 e. The number of hydrogen-bond acceptors (Lipinski definition) is 6. The molecule has 0 radical (unpaired) electrons. The number of fused-ring (bicyclic) bond motifs is 1. The van der Waals surface area contributed by atoms with Crippen LogP contribution in [0.3, 0.4) is 0 Å². The molecule has 140 valence electrons. The van der Waals surface area contributed by atoms with E-state index in [1.54, 1.807) is 0 Å². The molecule has 6 heteroatoms. The highest BCUT2D eigenvalue weighted by atomic mass is 15.3. The van der Waals surface area contributed by atoms with Gasteiger partial charge in [0.1, 0.15) is 11.6 Å². The molecule has 2 aromatic heterocycles. The second-order valence-electron chi connectivity index (χ2n) is 7.01. The molecule has 0 bridgehead atoms. The summed E-state index contributed by atoms with van der Waals surface area (Å²) >= 11 is 0. The molecule has 2 N–H and O–H groups in total. The van der Waals surface area contributed by atoms with Crippen molar-refractivity contribution in [2.75, 3.05) is 42.5 Å². The van der Waals surface area contributed by atoms with Crippen molar-refractivity contribution in [2.45, 2.75) is 19.8 Å². The molecule has 1 aliphatic rings. The van der Waals surface area contributed by atoms with Crippen molar-refractivity contribution in [1.29, 1.82) is 0 Å². The van der Waals surface area contributed by atoms with Crippen molar-refractivity contribution in [1.82, 2.24) is 15.0 Å². The van der Waals surface area contributed by atoms with Gasteiger partial charge in [0.15, 0.2) is 0 Å². The van der Waals surface area contributed by atoms with Gasteiger partial charge in [0, 0.05) is 56.1 Å². The van der Waals surface area contributed by atoms with Crippen LogP contribution < -0.4 is 15.5 Å². The number of aromatic nitrogens is 3. The number of anilines is 2. The Morgan fingerprint density at radius 3 is 2.67 bits per heavy atom. The normalized spacial score (nSPS) is 15.2. The quantitative estimate of drug-likeness (QED) is 0.769. The summed E-state index contributed by atoms with van der Waals surface area (Å²) < 4.78 is 0. The molecule has 0 spiro atoms. The lowest BCUT2D eigenvalue weighted by atomic mass is 10.2. The first-order valence-electron chi connectivity index (χ1n) is 9.62. The summed E-state index contributed by atoms with van der Waals surface area (Å²) in [6, 6.07) is 10.4. The van der Waals surface area contributed by atoms with Crippen LogP contribution in [0.15, 0.2) is 42.7 Å². The zero-order valence-electron chi connectivity index (χ0n) is 15.8. The Balaban J connectivity index is 1.63. The second-order valence-corrected chi connectivity index (χ2v) is 7.01. The Morgan fingerprint density at radius 1 is 1.00 bits per heavy atom. The van der Waals surface area contributed by atoms with Crippen molar-refractivity contribution < 1.29 is 0 Å². The zero-order chi connectivity index (χ0) is 18.6. The molecule has 4 rings (SSSR count). The number of benzene rings is 1. The average Bonchev–Trinajstić information content (AvgIpc) is 2.94. The molecule has 1 aromatic carbocycles. The molecule has 1 saturated heterocycles. The van der Waals surface area contributed by atoms with Gasteiger partial charge in [0.2, 0.25) is 0 Å². The summed E-state index contributed by atoms with van der Waals surface area (Å²) in [5, 5.41) is 1.12. The molecule has 0 unspecified atom stereocenters. The highest BCUT2D eigenvalue weighted by molar-refractivity contribution is 5.89. The van der Waals surface area contributed by atoms with Crippen molar-refractivity contribution in [2.24, 2.45) is 5.73 Å². The van der Waals surface area contributed by atoms with Crippen LogP contribution in [0.2, 0.25) is 0 Å².